The van der Waals surface area contributed by atoms with Crippen molar-refractivity contribution in [2.75, 3.05) is 31.1 Å². The highest BCUT2D eigenvalue weighted by Crippen LogP contribution is 2.33. The summed E-state index contributed by atoms with van der Waals surface area (Å²) in [5.74, 6) is -0.0281. The third kappa shape index (κ3) is 3.09. The minimum absolute atomic E-state index is 0.240. The first-order chi connectivity index (χ1) is 9.41. The number of benzene rings is 1. The predicted octanol–water partition coefficient (Wildman–Crippen LogP) is 4.13. The van der Waals surface area contributed by atoms with Crippen LogP contribution >= 0.6 is 11.6 Å². The molecule has 0 bridgehead atoms. The Kier molecular flexibility index (Phi) is 4.92. The second kappa shape index (κ2) is 6.31. The molecule has 0 aromatic heterocycles. The molecule has 0 radical (unpaired) electrons. The Morgan fingerprint density at radius 2 is 1.65 bits per heavy atom. The molecule has 1 aliphatic heterocycles. The molecule has 1 saturated heterocycles. The summed E-state index contributed by atoms with van der Waals surface area (Å²) in [6.45, 7) is 12.1. The Morgan fingerprint density at radius 3 is 2.15 bits per heavy atom. The van der Waals surface area contributed by atoms with E-state index in [0.29, 0.717) is 11.7 Å². The highest BCUT2D eigenvalue weighted by atomic mass is 35.5. The van der Waals surface area contributed by atoms with Crippen molar-refractivity contribution in [3.63, 3.8) is 0 Å². The zero-order valence-corrected chi connectivity index (χ0v) is 13.5. The van der Waals surface area contributed by atoms with Gasteiger partial charge in [0.2, 0.25) is 0 Å². The first-order valence-electron chi connectivity index (χ1n) is 7.38. The average molecular weight is 299 g/mol. The SMILES string of the molecule is CC(C)c1ccc(N2CCN(C(C)C)CC2)c(F)c1Cl. The Labute approximate surface area is 126 Å². The number of nitrogens with zero attached hydrogens (tertiary/aromatic N) is 2. The molecule has 2 rings (SSSR count). The van der Waals surface area contributed by atoms with E-state index in [4.69, 9.17) is 11.6 Å². The van der Waals surface area contributed by atoms with Crippen LogP contribution in [0.1, 0.15) is 39.2 Å². The van der Waals surface area contributed by atoms with Crippen molar-refractivity contribution in [1.82, 2.24) is 4.90 Å². The van der Waals surface area contributed by atoms with Crippen molar-refractivity contribution >= 4 is 17.3 Å². The fourth-order valence-corrected chi connectivity index (χ4v) is 3.10. The van der Waals surface area contributed by atoms with E-state index in [0.717, 1.165) is 31.7 Å². The minimum atomic E-state index is -0.268. The molecule has 0 amide bonds. The molecule has 20 heavy (non-hydrogen) atoms. The van der Waals surface area contributed by atoms with E-state index in [1.165, 1.54) is 0 Å². The first kappa shape index (κ1) is 15.6. The summed E-state index contributed by atoms with van der Waals surface area (Å²) in [4.78, 5) is 4.52. The third-order valence-corrected chi connectivity index (χ3v) is 4.48. The summed E-state index contributed by atoms with van der Waals surface area (Å²) >= 11 is 6.18. The van der Waals surface area contributed by atoms with Crippen LogP contribution in [0.25, 0.3) is 0 Å². The Morgan fingerprint density at radius 1 is 1.05 bits per heavy atom. The molecule has 1 aromatic carbocycles. The van der Waals surface area contributed by atoms with E-state index < -0.39 is 0 Å². The van der Waals surface area contributed by atoms with Crippen LogP contribution < -0.4 is 4.90 Å². The van der Waals surface area contributed by atoms with Gasteiger partial charge in [0.15, 0.2) is 5.82 Å². The van der Waals surface area contributed by atoms with Gasteiger partial charge in [0.25, 0.3) is 0 Å². The third-order valence-electron chi connectivity index (χ3n) is 4.10. The molecule has 0 spiro atoms. The molecule has 1 aliphatic rings. The monoisotopic (exact) mass is 298 g/mol. The minimum Gasteiger partial charge on any atom is -0.367 e. The fraction of sp³-hybridized carbons (Fsp3) is 0.625. The second-order valence-corrected chi connectivity index (χ2v) is 6.45. The van der Waals surface area contributed by atoms with Crippen molar-refractivity contribution in [3.05, 3.63) is 28.5 Å². The Hall–Kier alpha value is -0.800. The lowest BCUT2D eigenvalue weighted by molar-refractivity contribution is 0.209. The quantitative estimate of drug-likeness (QED) is 0.828. The summed E-state index contributed by atoms with van der Waals surface area (Å²) in [7, 11) is 0. The molecule has 0 N–H and O–H groups in total. The summed E-state index contributed by atoms with van der Waals surface area (Å²) in [6.07, 6.45) is 0. The van der Waals surface area contributed by atoms with Crippen molar-refractivity contribution in [3.8, 4) is 0 Å². The highest BCUT2D eigenvalue weighted by Gasteiger charge is 2.23. The molecule has 1 aromatic rings. The van der Waals surface area contributed by atoms with E-state index in [2.05, 4.69) is 23.6 Å². The fourth-order valence-electron chi connectivity index (χ4n) is 2.72. The molecule has 0 aliphatic carbocycles. The maximum absolute atomic E-state index is 14.5. The number of rotatable bonds is 3. The molecule has 0 unspecified atom stereocenters. The molecule has 2 nitrogen and oxygen atoms in total. The lowest BCUT2D eigenvalue weighted by atomic mass is 10.0. The van der Waals surface area contributed by atoms with E-state index >= 15 is 0 Å². The first-order valence-corrected chi connectivity index (χ1v) is 7.76. The van der Waals surface area contributed by atoms with Crippen LogP contribution in [0.2, 0.25) is 5.02 Å². The smallest absolute Gasteiger partial charge is 0.165 e. The van der Waals surface area contributed by atoms with Gasteiger partial charge >= 0.3 is 0 Å². The second-order valence-electron chi connectivity index (χ2n) is 6.07. The maximum Gasteiger partial charge on any atom is 0.165 e. The maximum atomic E-state index is 14.5. The lowest BCUT2D eigenvalue weighted by Gasteiger charge is -2.38. The summed E-state index contributed by atoms with van der Waals surface area (Å²) in [5.41, 5.74) is 1.52. The predicted molar refractivity (Wildman–Crippen MR) is 84.4 cm³/mol. The van der Waals surface area contributed by atoms with Crippen LogP contribution in [-0.2, 0) is 0 Å². The average Bonchev–Trinajstić information content (AvgIpc) is 2.41. The van der Waals surface area contributed by atoms with Crippen molar-refractivity contribution in [2.24, 2.45) is 0 Å². The molecule has 112 valence electrons. The van der Waals surface area contributed by atoms with Crippen LogP contribution in [0, 0.1) is 5.82 Å². The zero-order valence-electron chi connectivity index (χ0n) is 12.8. The van der Waals surface area contributed by atoms with Crippen molar-refractivity contribution < 1.29 is 4.39 Å². The Bertz CT molecular complexity index is 466. The van der Waals surface area contributed by atoms with E-state index in [9.17, 15) is 4.39 Å². The van der Waals surface area contributed by atoms with Gasteiger partial charge in [-0.3, -0.25) is 4.90 Å². The normalized spacial score (nSPS) is 17.3. The number of halogens is 2. The van der Waals surface area contributed by atoms with E-state index in [-0.39, 0.29) is 16.8 Å². The van der Waals surface area contributed by atoms with Gasteiger partial charge in [-0.05, 0) is 31.4 Å². The topological polar surface area (TPSA) is 6.48 Å². The van der Waals surface area contributed by atoms with Gasteiger partial charge in [-0.15, -0.1) is 0 Å². The van der Waals surface area contributed by atoms with Crippen molar-refractivity contribution in [2.45, 2.75) is 39.7 Å². The lowest BCUT2D eigenvalue weighted by Crippen LogP contribution is -2.49. The van der Waals surface area contributed by atoms with Gasteiger partial charge in [-0.25, -0.2) is 4.39 Å². The summed E-state index contributed by atoms with van der Waals surface area (Å²) in [6, 6.07) is 4.39. The van der Waals surface area contributed by atoms with Gasteiger partial charge in [-0.2, -0.15) is 0 Å². The van der Waals surface area contributed by atoms with Gasteiger partial charge in [0.05, 0.1) is 10.7 Å². The number of hydrogen-bond acceptors (Lipinski definition) is 2. The molecule has 0 saturated carbocycles. The standard InChI is InChI=1S/C16H24ClFN2/c1-11(2)13-5-6-14(16(18)15(13)17)20-9-7-19(8-10-20)12(3)4/h5-6,11-12H,7-10H2,1-4H3. The molecular formula is C16H24ClFN2. The van der Waals surface area contributed by atoms with Gasteiger partial charge < -0.3 is 4.90 Å². The number of hydrogen-bond donors (Lipinski definition) is 0. The molecule has 4 heteroatoms. The van der Waals surface area contributed by atoms with Crippen LogP contribution in [0.15, 0.2) is 12.1 Å². The van der Waals surface area contributed by atoms with Crippen molar-refractivity contribution in [1.29, 1.82) is 0 Å². The van der Waals surface area contributed by atoms with E-state index in [1.807, 2.05) is 26.0 Å². The zero-order chi connectivity index (χ0) is 14.9. The summed E-state index contributed by atoms with van der Waals surface area (Å²) < 4.78 is 14.5. The highest BCUT2D eigenvalue weighted by molar-refractivity contribution is 6.31. The van der Waals surface area contributed by atoms with Gasteiger partial charge in [0, 0.05) is 32.2 Å². The molecule has 1 heterocycles. The number of piperazine rings is 1. The van der Waals surface area contributed by atoms with Crippen LogP contribution in [0.3, 0.4) is 0 Å². The van der Waals surface area contributed by atoms with Gasteiger partial charge in [0.1, 0.15) is 0 Å². The van der Waals surface area contributed by atoms with Crippen LogP contribution in [0.4, 0.5) is 10.1 Å². The molecular weight excluding hydrogens is 275 g/mol. The molecule has 0 atom stereocenters. The Balaban J connectivity index is 2.17. The number of anilines is 1. The van der Waals surface area contributed by atoms with Crippen LogP contribution in [-0.4, -0.2) is 37.1 Å². The van der Waals surface area contributed by atoms with Crippen LogP contribution in [0.5, 0.6) is 0 Å². The van der Waals surface area contributed by atoms with Gasteiger partial charge in [-0.1, -0.05) is 31.5 Å². The largest absolute Gasteiger partial charge is 0.367 e. The molecule has 1 fully saturated rings. The van der Waals surface area contributed by atoms with E-state index in [1.54, 1.807) is 0 Å². The summed E-state index contributed by atoms with van der Waals surface area (Å²) in [5, 5.41) is 0.281.